The molecule has 1 N–H and O–H groups in total. The summed E-state index contributed by atoms with van der Waals surface area (Å²) in [4.78, 5) is 8.81. The fourth-order valence-corrected chi connectivity index (χ4v) is 5.85. The van der Waals surface area contributed by atoms with Crippen LogP contribution in [-0.4, -0.2) is 61.1 Å². The van der Waals surface area contributed by atoms with E-state index in [0.717, 1.165) is 16.8 Å². The molecule has 1 aromatic carbocycles. The second-order valence-corrected chi connectivity index (χ2v) is 10.9. The molecule has 12 heteroatoms. The van der Waals surface area contributed by atoms with Gasteiger partial charge >= 0.3 is 0 Å². The molecule has 0 amide bonds. The van der Waals surface area contributed by atoms with Gasteiger partial charge in [-0.05, 0) is 18.1 Å². The Morgan fingerprint density at radius 1 is 1.11 bits per heavy atom. The summed E-state index contributed by atoms with van der Waals surface area (Å²) in [5.41, 5.74) is 2.43. The van der Waals surface area contributed by atoms with E-state index in [0.29, 0.717) is 18.1 Å². The maximum Gasteiger partial charge on any atom is 0.227 e. The average molecular weight is 504 g/mol. The Hall–Kier alpha value is -4.08. The largest absolute Gasteiger partial charge is 0.321 e. The Balaban J connectivity index is 1.29. The maximum absolute atomic E-state index is 12.9. The van der Waals surface area contributed by atoms with Crippen LogP contribution in [0.4, 0.5) is 11.6 Å². The van der Waals surface area contributed by atoms with Crippen LogP contribution in [0.25, 0.3) is 11.3 Å². The Morgan fingerprint density at radius 3 is 2.64 bits per heavy atom. The number of anilines is 2. The van der Waals surface area contributed by atoms with E-state index in [2.05, 4.69) is 31.6 Å². The molecule has 0 saturated carbocycles. The summed E-state index contributed by atoms with van der Waals surface area (Å²) in [6.07, 6.45) is 9.21. The first kappa shape index (κ1) is 23.7. The molecule has 3 aromatic heterocycles. The summed E-state index contributed by atoms with van der Waals surface area (Å²) in [5.74, 6) is 0.441. The molecule has 4 aromatic rings. The number of benzene rings is 1. The van der Waals surface area contributed by atoms with Crippen molar-refractivity contribution in [2.45, 2.75) is 18.4 Å². The van der Waals surface area contributed by atoms with Gasteiger partial charge in [0, 0.05) is 44.3 Å². The molecule has 0 aliphatic carbocycles. The highest BCUT2D eigenvalue weighted by Crippen LogP contribution is 2.35. The third-order valence-electron chi connectivity index (χ3n) is 6.22. The second-order valence-electron chi connectivity index (χ2n) is 8.85. The zero-order valence-electron chi connectivity index (χ0n) is 19.7. The monoisotopic (exact) mass is 503 g/mol. The normalized spacial score (nSPS) is 15.2. The van der Waals surface area contributed by atoms with Crippen LogP contribution in [0.1, 0.15) is 12.0 Å². The van der Waals surface area contributed by atoms with E-state index >= 15 is 0 Å². The molecule has 0 bridgehead atoms. The van der Waals surface area contributed by atoms with E-state index in [-0.39, 0.29) is 25.3 Å². The molecular weight excluding hydrogens is 478 g/mol. The Bertz CT molecular complexity index is 1500. The van der Waals surface area contributed by atoms with Crippen LogP contribution in [0, 0.1) is 11.3 Å². The van der Waals surface area contributed by atoms with Crippen molar-refractivity contribution in [3.8, 4) is 17.3 Å². The Morgan fingerprint density at radius 2 is 1.92 bits per heavy atom. The molecule has 36 heavy (non-hydrogen) atoms. The van der Waals surface area contributed by atoms with Gasteiger partial charge in [-0.3, -0.25) is 9.36 Å². The molecule has 184 valence electrons. The van der Waals surface area contributed by atoms with Gasteiger partial charge in [0.15, 0.2) is 0 Å². The lowest BCUT2D eigenvalue weighted by Gasteiger charge is -2.47. The van der Waals surface area contributed by atoms with Crippen LogP contribution in [-0.2, 0) is 29.0 Å². The standard InChI is InChI=1S/C24H25N9O2S/c1-31-16-21(14-27-31)29-23-26-11-7-22(30-23)20-13-28-33(15-20)24(9-10-25)17-32(18-24)36(34,35)12-8-19-5-3-2-4-6-19/h2-7,11,13-16H,8-9,12,17-18H2,1H3,(H,26,29,30). The minimum atomic E-state index is -3.45. The van der Waals surface area contributed by atoms with Crippen LogP contribution < -0.4 is 5.32 Å². The van der Waals surface area contributed by atoms with Gasteiger partial charge in [-0.1, -0.05) is 30.3 Å². The summed E-state index contributed by atoms with van der Waals surface area (Å²) in [5, 5.41) is 21.2. The third kappa shape index (κ3) is 4.84. The predicted molar refractivity (Wildman–Crippen MR) is 133 cm³/mol. The quantitative estimate of drug-likeness (QED) is 0.368. The molecular formula is C24H25N9O2S. The number of nitrogens with one attached hydrogen (secondary N) is 1. The molecule has 0 unspecified atom stereocenters. The average Bonchev–Trinajstić information content (AvgIpc) is 3.50. The number of nitrogens with zero attached hydrogens (tertiary/aromatic N) is 8. The lowest BCUT2D eigenvalue weighted by molar-refractivity contribution is 0.0718. The van der Waals surface area contributed by atoms with Crippen LogP contribution in [0.5, 0.6) is 0 Å². The van der Waals surface area contributed by atoms with Crippen LogP contribution >= 0.6 is 0 Å². The van der Waals surface area contributed by atoms with Gasteiger partial charge in [0.05, 0.1) is 42.0 Å². The topological polar surface area (TPSA) is 135 Å². The lowest BCUT2D eigenvalue weighted by Crippen LogP contribution is -2.64. The van der Waals surface area contributed by atoms with E-state index < -0.39 is 15.6 Å². The van der Waals surface area contributed by atoms with Gasteiger partial charge in [0.1, 0.15) is 5.54 Å². The van der Waals surface area contributed by atoms with E-state index in [1.165, 1.54) is 4.31 Å². The van der Waals surface area contributed by atoms with E-state index in [4.69, 9.17) is 0 Å². The number of hydrogen-bond acceptors (Lipinski definition) is 8. The molecule has 11 nitrogen and oxygen atoms in total. The van der Waals surface area contributed by atoms with E-state index in [9.17, 15) is 13.7 Å². The molecule has 1 fully saturated rings. The molecule has 1 aliphatic rings. The molecule has 0 radical (unpaired) electrons. The van der Waals surface area contributed by atoms with E-state index in [1.54, 1.807) is 40.2 Å². The van der Waals surface area contributed by atoms with Crippen molar-refractivity contribution in [2.24, 2.45) is 7.05 Å². The number of aryl methyl sites for hydroxylation is 2. The lowest BCUT2D eigenvalue weighted by atomic mass is 9.89. The minimum Gasteiger partial charge on any atom is -0.321 e. The predicted octanol–water partition coefficient (Wildman–Crippen LogP) is 2.31. The van der Waals surface area contributed by atoms with Crippen molar-refractivity contribution in [3.63, 3.8) is 0 Å². The number of rotatable bonds is 9. The second kappa shape index (κ2) is 9.52. The first-order valence-electron chi connectivity index (χ1n) is 11.4. The zero-order chi connectivity index (χ0) is 25.2. The van der Waals surface area contributed by atoms with Crippen molar-refractivity contribution in [1.82, 2.24) is 33.8 Å². The SMILES string of the molecule is Cn1cc(Nc2nccc(-c3cnn(C4(CC#N)CN(S(=O)(=O)CCc5ccccc5)C4)c3)n2)cn1. The molecule has 0 atom stereocenters. The maximum atomic E-state index is 12.9. The molecule has 1 saturated heterocycles. The van der Waals surface area contributed by atoms with Gasteiger partial charge in [0.2, 0.25) is 16.0 Å². The summed E-state index contributed by atoms with van der Waals surface area (Å²) < 4.78 is 30.6. The Labute approximate surface area is 209 Å². The van der Waals surface area contributed by atoms with Crippen LogP contribution in [0.3, 0.4) is 0 Å². The van der Waals surface area contributed by atoms with Crippen molar-refractivity contribution < 1.29 is 8.42 Å². The van der Waals surface area contributed by atoms with Crippen molar-refractivity contribution in [2.75, 3.05) is 24.2 Å². The van der Waals surface area contributed by atoms with Crippen molar-refractivity contribution in [3.05, 3.63) is 72.9 Å². The first-order chi connectivity index (χ1) is 17.4. The molecule has 1 aliphatic heterocycles. The zero-order valence-corrected chi connectivity index (χ0v) is 20.5. The summed E-state index contributed by atoms with van der Waals surface area (Å²) >= 11 is 0. The summed E-state index contributed by atoms with van der Waals surface area (Å²) in [7, 11) is -1.63. The fourth-order valence-electron chi connectivity index (χ4n) is 4.22. The van der Waals surface area contributed by atoms with Crippen LogP contribution in [0.2, 0.25) is 0 Å². The smallest absolute Gasteiger partial charge is 0.227 e. The highest BCUT2D eigenvalue weighted by Gasteiger charge is 2.50. The minimum absolute atomic E-state index is 0.0254. The molecule has 0 spiro atoms. The van der Waals surface area contributed by atoms with Crippen molar-refractivity contribution >= 4 is 21.7 Å². The third-order valence-corrected chi connectivity index (χ3v) is 7.98. The number of aromatic nitrogens is 6. The molecule has 4 heterocycles. The van der Waals surface area contributed by atoms with Gasteiger partial charge in [-0.25, -0.2) is 18.4 Å². The summed E-state index contributed by atoms with van der Waals surface area (Å²) in [6.45, 7) is 0.410. The molecule has 5 rings (SSSR count). The fraction of sp³-hybridized carbons (Fsp3) is 0.292. The van der Waals surface area contributed by atoms with Gasteiger partial charge < -0.3 is 5.32 Å². The van der Waals surface area contributed by atoms with Gasteiger partial charge in [0.25, 0.3) is 0 Å². The van der Waals surface area contributed by atoms with Gasteiger partial charge in [-0.15, -0.1) is 0 Å². The van der Waals surface area contributed by atoms with Crippen LogP contribution in [0.15, 0.2) is 67.4 Å². The first-order valence-corrected chi connectivity index (χ1v) is 13.0. The highest BCUT2D eigenvalue weighted by molar-refractivity contribution is 7.89. The number of sulfonamides is 1. The Kier molecular flexibility index (Phi) is 6.26. The van der Waals surface area contributed by atoms with E-state index in [1.807, 2.05) is 43.6 Å². The number of nitriles is 1. The highest BCUT2D eigenvalue weighted by atomic mass is 32.2. The van der Waals surface area contributed by atoms with Crippen molar-refractivity contribution in [1.29, 1.82) is 5.26 Å². The van der Waals surface area contributed by atoms with Gasteiger partial charge in [-0.2, -0.15) is 19.8 Å². The summed E-state index contributed by atoms with van der Waals surface area (Å²) in [6, 6.07) is 13.5. The number of hydrogen-bond donors (Lipinski definition) is 1.